The fourth-order valence-electron chi connectivity index (χ4n) is 0.191. The van der Waals surface area contributed by atoms with Gasteiger partial charge in [-0.25, -0.2) is 0 Å². The van der Waals surface area contributed by atoms with Gasteiger partial charge in [0.15, 0.2) is 0 Å². The van der Waals surface area contributed by atoms with Crippen molar-refractivity contribution in [1.82, 2.24) is 5.48 Å². The van der Waals surface area contributed by atoms with Crippen molar-refractivity contribution >= 4 is 12.0 Å². The van der Waals surface area contributed by atoms with Gasteiger partial charge in [0.1, 0.15) is 18.6 Å². The lowest BCUT2D eigenvalue weighted by Crippen LogP contribution is -2.28. The first-order chi connectivity index (χ1) is 5.71. The molecule has 0 aliphatic heterocycles. The minimum atomic E-state index is -4.72. The summed E-state index contributed by atoms with van der Waals surface area (Å²) in [7, 11) is 0. The minimum Gasteiger partial charge on any atom is -0.170 e. The Labute approximate surface area is 72.5 Å². The van der Waals surface area contributed by atoms with E-state index in [4.69, 9.17) is 0 Å². The van der Waals surface area contributed by atoms with E-state index in [1.54, 1.807) is 0 Å². The highest BCUT2D eigenvalue weighted by Crippen LogP contribution is 2.30. The quantitative estimate of drug-likeness (QED) is 0.264. The molecule has 0 atom stereocenters. The Balaban J connectivity index is 3.28. The third kappa shape index (κ3) is 11.8. The van der Waals surface area contributed by atoms with Crippen molar-refractivity contribution < 1.29 is 35.7 Å². The van der Waals surface area contributed by atoms with Crippen LogP contribution < -0.4 is 5.48 Å². The van der Waals surface area contributed by atoms with Crippen molar-refractivity contribution in [3.8, 4) is 0 Å². The molecule has 0 saturated carbocycles. The second-order valence-corrected chi connectivity index (χ2v) is 2.38. The molecule has 0 fully saturated rings. The maximum atomic E-state index is 11.3. The molecular weight excluding hydrogens is 228 g/mol. The van der Waals surface area contributed by atoms with Gasteiger partial charge in [0.2, 0.25) is 0 Å². The second kappa shape index (κ2) is 4.88. The summed E-state index contributed by atoms with van der Waals surface area (Å²) >= 11 is -1.07. The highest BCUT2D eigenvalue weighted by atomic mass is 32.2. The van der Waals surface area contributed by atoms with Gasteiger partial charge in [0.05, 0.1) is 0 Å². The number of rotatable bonds is 4. The Morgan fingerprint density at radius 2 is 1.62 bits per heavy atom. The molecule has 0 unspecified atom stereocenters. The third-order valence-corrected chi connectivity index (χ3v) is 0.819. The van der Waals surface area contributed by atoms with Gasteiger partial charge in [0.25, 0.3) is 0 Å². The van der Waals surface area contributed by atoms with Gasteiger partial charge in [-0.3, -0.25) is 0 Å². The van der Waals surface area contributed by atoms with Crippen molar-refractivity contribution in [2.24, 2.45) is 0 Å². The molecule has 0 bridgehead atoms. The number of nitrogens with one attached hydrogen (secondary N) is 1. The largest absolute Gasteiger partial charge is 0.471 e. The number of hydrogen-bond acceptors (Lipinski definition) is 4. The Hall–Kier alpha value is -0.190. The van der Waals surface area contributed by atoms with Crippen LogP contribution in [0.5, 0.6) is 0 Å². The summed E-state index contributed by atoms with van der Waals surface area (Å²) in [5.74, 6) is 0. The molecule has 0 heterocycles. The Kier molecular flexibility index (Phi) is 4.81. The SMILES string of the molecule is FC(F)(F)CNOOSC(F)(F)F. The van der Waals surface area contributed by atoms with E-state index < -0.39 is 30.3 Å². The molecule has 0 aromatic heterocycles. The van der Waals surface area contributed by atoms with E-state index in [2.05, 4.69) is 9.32 Å². The molecule has 0 amide bonds. The fourth-order valence-corrected chi connectivity index (χ4v) is 0.350. The lowest BCUT2D eigenvalue weighted by Gasteiger charge is -2.07. The van der Waals surface area contributed by atoms with E-state index in [0.29, 0.717) is 0 Å². The van der Waals surface area contributed by atoms with E-state index in [0.717, 1.165) is 5.48 Å². The summed E-state index contributed by atoms with van der Waals surface area (Å²) in [6, 6.07) is 0. The van der Waals surface area contributed by atoms with Crippen LogP contribution in [0, 0.1) is 0 Å². The van der Waals surface area contributed by atoms with Crippen molar-refractivity contribution in [3.63, 3.8) is 0 Å². The van der Waals surface area contributed by atoms with Gasteiger partial charge in [-0.2, -0.15) is 31.8 Å². The summed E-state index contributed by atoms with van der Waals surface area (Å²) in [4.78, 5) is 3.36. The van der Waals surface area contributed by atoms with Gasteiger partial charge in [0, 0.05) is 0 Å². The van der Waals surface area contributed by atoms with Crippen LogP contribution in [-0.2, 0) is 9.32 Å². The summed E-state index contributed by atoms with van der Waals surface area (Å²) < 4.78 is 70.8. The van der Waals surface area contributed by atoms with Gasteiger partial charge < -0.3 is 0 Å². The molecule has 3 nitrogen and oxygen atoms in total. The van der Waals surface area contributed by atoms with Gasteiger partial charge in [-0.15, -0.1) is 9.32 Å². The highest BCUT2D eigenvalue weighted by Gasteiger charge is 2.32. The van der Waals surface area contributed by atoms with Crippen LogP contribution >= 0.6 is 12.0 Å². The number of halogens is 6. The van der Waals surface area contributed by atoms with Crippen LogP contribution in [0.2, 0.25) is 0 Å². The normalized spacial score (nSPS) is 13.4. The molecular formula is C3H3F6NO2S. The van der Waals surface area contributed by atoms with Crippen molar-refractivity contribution in [3.05, 3.63) is 0 Å². The zero-order valence-corrected chi connectivity index (χ0v) is 6.52. The van der Waals surface area contributed by atoms with Gasteiger partial charge in [-0.05, 0) is 0 Å². The maximum Gasteiger partial charge on any atom is 0.471 e. The maximum absolute atomic E-state index is 11.3. The van der Waals surface area contributed by atoms with Crippen molar-refractivity contribution in [1.29, 1.82) is 0 Å². The predicted octanol–water partition coefficient (Wildman–Crippen LogP) is 2.17. The van der Waals surface area contributed by atoms with E-state index in [1.165, 1.54) is 0 Å². The molecule has 0 aliphatic rings. The van der Waals surface area contributed by atoms with Crippen molar-refractivity contribution in [2.45, 2.75) is 11.7 Å². The third-order valence-electron chi connectivity index (χ3n) is 0.494. The van der Waals surface area contributed by atoms with E-state index in [9.17, 15) is 26.3 Å². The fraction of sp³-hybridized carbons (Fsp3) is 1.00. The molecule has 13 heavy (non-hydrogen) atoms. The predicted molar refractivity (Wildman–Crippen MR) is 29.9 cm³/mol. The number of hydrogen-bond donors (Lipinski definition) is 1. The molecule has 10 heteroatoms. The summed E-state index contributed by atoms with van der Waals surface area (Å²) in [6.07, 6.45) is -4.58. The van der Waals surface area contributed by atoms with Crippen LogP contribution in [0.4, 0.5) is 26.3 Å². The molecule has 0 radical (unpaired) electrons. The lowest BCUT2D eigenvalue weighted by atomic mass is 10.7. The first-order valence-electron chi connectivity index (χ1n) is 2.58. The monoisotopic (exact) mass is 231 g/mol. The van der Waals surface area contributed by atoms with Crippen LogP contribution in [0.3, 0.4) is 0 Å². The molecule has 80 valence electrons. The standard InChI is InChI=1S/C3H3F6NO2S/c4-2(5,6)1-10-11-12-13-3(7,8)9/h10H,1H2. The molecule has 0 aliphatic carbocycles. The molecule has 0 aromatic carbocycles. The molecule has 1 N–H and O–H groups in total. The van der Waals surface area contributed by atoms with Crippen molar-refractivity contribution in [2.75, 3.05) is 6.54 Å². The lowest BCUT2D eigenvalue weighted by molar-refractivity contribution is -0.271. The summed E-state index contributed by atoms with van der Waals surface area (Å²) in [5, 5.41) is 0. The van der Waals surface area contributed by atoms with Crippen LogP contribution in [0.1, 0.15) is 0 Å². The molecule has 0 spiro atoms. The van der Waals surface area contributed by atoms with E-state index in [1.807, 2.05) is 0 Å². The van der Waals surface area contributed by atoms with Crippen LogP contribution in [-0.4, -0.2) is 18.2 Å². The Morgan fingerprint density at radius 1 is 1.08 bits per heavy atom. The molecule has 0 rings (SSSR count). The van der Waals surface area contributed by atoms with Crippen LogP contribution in [0.25, 0.3) is 0 Å². The zero-order valence-electron chi connectivity index (χ0n) is 5.70. The Bertz CT molecular complexity index is 130. The van der Waals surface area contributed by atoms with Crippen LogP contribution in [0.15, 0.2) is 0 Å². The first kappa shape index (κ1) is 12.8. The minimum absolute atomic E-state index is 1.07. The molecule has 0 aromatic rings. The molecule has 0 saturated heterocycles. The topological polar surface area (TPSA) is 30.5 Å². The summed E-state index contributed by atoms with van der Waals surface area (Å²) in [6.45, 7) is -1.61. The Morgan fingerprint density at radius 3 is 2.00 bits per heavy atom. The number of alkyl halides is 6. The highest BCUT2D eigenvalue weighted by molar-refractivity contribution is 7.95. The average molecular weight is 231 g/mol. The average Bonchev–Trinajstić information content (AvgIpc) is 1.81. The smallest absolute Gasteiger partial charge is 0.170 e. The first-order valence-corrected chi connectivity index (χ1v) is 3.32. The van der Waals surface area contributed by atoms with Gasteiger partial charge in [-0.1, -0.05) is 0 Å². The number of hydroxylamine groups is 1. The second-order valence-electron chi connectivity index (χ2n) is 1.62. The van der Waals surface area contributed by atoms with E-state index >= 15 is 0 Å². The van der Waals surface area contributed by atoms with Gasteiger partial charge >= 0.3 is 11.7 Å². The summed E-state index contributed by atoms with van der Waals surface area (Å²) in [5.41, 5.74) is -3.59. The zero-order chi connectivity index (χ0) is 10.5. The van der Waals surface area contributed by atoms with E-state index in [-0.39, 0.29) is 0 Å².